The molecular weight excluding hydrogens is 262 g/mol. The highest BCUT2D eigenvalue weighted by Crippen LogP contribution is 2.24. The average Bonchev–Trinajstić information content (AvgIpc) is 2.39. The van der Waals surface area contributed by atoms with Gasteiger partial charge in [-0.15, -0.1) is 0 Å². The number of primary sulfonamides is 1. The lowest BCUT2D eigenvalue weighted by atomic mass is 10.1. The van der Waals surface area contributed by atoms with Crippen LogP contribution < -0.4 is 10.5 Å². The molecule has 1 aromatic heterocycles. The number of pyridine rings is 1. The number of nitrogens with one attached hydrogen (secondary N) is 1. The average molecular weight is 277 g/mol. The van der Waals surface area contributed by atoms with E-state index in [0.29, 0.717) is 5.69 Å². The molecule has 0 aliphatic heterocycles. The Hall–Kier alpha value is -1.92. The molecule has 0 saturated carbocycles. The van der Waals surface area contributed by atoms with Crippen LogP contribution in [-0.4, -0.2) is 13.4 Å². The minimum absolute atomic E-state index is 0.0726. The van der Waals surface area contributed by atoms with Crippen molar-refractivity contribution in [3.63, 3.8) is 0 Å². The molecule has 0 aliphatic rings. The Bertz CT molecular complexity index is 657. The molecule has 100 valence electrons. The first-order valence-electron chi connectivity index (χ1n) is 5.77. The number of nitrogens with two attached hydrogens (primary N) is 1. The van der Waals surface area contributed by atoms with Crippen molar-refractivity contribution in [1.29, 1.82) is 0 Å². The summed E-state index contributed by atoms with van der Waals surface area (Å²) in [5, 5.41) is 8.33. The van der Waals surface area contributed by atoms with Crippen molar-refractivity contribution in [2.45, 2.75) is 17.9 Å². The van der Waals surface area contributed by atoms with Crippen molar-refractivity contribution in [1.82, 2.24) is 4.98 Å². The highest BCUT2D eigenvalue weighted by molar-refractivity contribution is 7.89. The molecule has 2 aromatic rings. The van der Waals surface area contributed by atoms with E-state index in [1.165, 1.54) is 6.07 Å². The number of anilines is 1. The number of rotatable bonds is 4. The summed E-state index contributed by atoms with van der Waals surface area (Å²) in [6, 6.07) is 10.2. The van der Waals surface area contributed by atoms with Crippen LogP contribution in [0.2, 0.25) is 0 Å². The minimum Gasteiger partial charge on any atom is -0.377 e. The summed E-state index contributed by atoms with van der Waals surface area (Å²) >= 11 is 0. The monoisotopic (exact) mass is 277 g/mol. The molecule has 1 heterocycles. The zero-order valence-electron chi connectivity index (χ0n) is 10.4. The summed E-state index contributed by atoms with van der Waals surface area (Å²) in [7, 11) is -3.74. The summed E-state index contributed by atoms with van der Waals surface area (Å²) in [5.41, 5.74) is 1.45. The smallest absolute Gasteiger partial charge is 0.240 e. The van der Waals surface area contributed by atoms with Gasteiger partial charge in [0.25, 0.3) is 0 Å². The Morgan fingerprint density at radius 2 is 1.95 bits per heavy atom. The van der Waals surface area contributed by atoms with E-state index in [0.717, 1.165) is 5.56 Å². The molecule has 3 N–H and O–H groups in total. The Kier molecular flexibility index (Phi) is 3.82. The summed E-state index contributed by atoms with van der Waals surface area (Å²) < 4.78 is 23.0. The molecule has 0 bridgehead atoms. The fourth-order valence-corrected chi connectivity index (χ4v) is 2.48. The van der Waals surface area contributed by atoms with E-state index in [-0.39, 0.29) is 10.9 Å². The normalized spacial score (nSPS) is 12.9. The fourth-order valence-electron chi connectivity index (χ4n) is 1.78. The topological polar surface area (TPSA) is 85.1 Å². The molecule has 5 nitrogen and oxygen atoms in total. The second-order valence-corrected chi connectivity index (χ2v) is 5.72. The molecule has 1 aromatic carbocycles. The highest BCUT2D eigenvalue weighted by atomic mass is 32.2. The van der Waals surface area contributed by atoms with Crippen molar-refractivity contribution >= 4 is 15.7 Å². The van der Waals surface area contributed by atoms with Gasteiger partial charge in [0.15, 0.2) is 0 Å². The number of nitrogens with zero attached hydrogens (tertiary/aromatic N) is 1. The third kappa shape index (κ3) is 3.30. The molecule has 0 spiro atoms. The van der Waals surface area contributed by atoms with Crippen molar-refractivity contribution in [2.24, 2.45) is 5.14 Å². The lowest BCUT2D eigenvalue weighted by Crippen LogP contribution is -2.16. The third-order valence-electron chi connectivity index (χ3n) is 2.75. The quantitative estimate of drug-likeness (QED) is 0.893. The number of hydrogen-bond donors (Lipinski definition) is 2. The molecule has 0 radical (unpaired) electrons. The van der Waals surface area contributed by atoms with Crippen molar-refractivity contribution in [2.75, 3.05) is 5.32 Å². The van der Waals surface area contributed by atoms with Crippen molar-refractivity contribution < 1.29 is 8.42 Å². The number of hydrogen-bond acceptors (Lipinski definition) is 4. The highest BCUT2D eigenvalue weighted by Gasteiger charge is 2.15. The summed E-state index contributed by atoms with van der Waals surface area (Å²) in [4.78, 5) is 4.12. The van der Waals surface area contributed by atoms with Gasteiger partial charge in [-0.25, -0.2) is 13.6 Å². The lowest BCUT2D eigenvalue weighted by molar-refractivity contribution is 0.598. The van der Waals surface area contributed by atoms with Crippen LogP contribution in [0.1, 0.15) is 18.5 Å². The van der Waals surface area contributed by atoms with Crippen LogP contribution in [0.4, 0.5) is 5.69 Å². The molecule has 0 saturated heterocycles. The van der Waals surface area contributed by atoms with Gasteiger partial charge in [-0.2, -0.15) is 0 Å². The predicted molar refractivity (Wildman–Crippen MR) is 74.1 cm³/mol. The molecule has 1 atom stereocenters. The predicted octanol–water partition coefficient (Wildman–Crippen LogP) is 1.90. The number of benzene rings is 1. The molecule has 2 rings (SSSR count). The van der Waals surface area contributed by atoms with E-state index in [1.54, 1.807) is 30.6 Å². The maximum atomic E-state index is 11.5. The minimum atomic E-state index is -3.74. The first-order chi connectivity index (χ1) is 8.98. The van der Waals surface area contributed by atoms with E-state index in [9.17, 15) is 8.42 Å². The number of sulfonamides is 1. The van der Waals surface area contributed by atoms with Gasteiger partial charge in [0.1, 0.15) is 4.90 Å². The Morgan fingerprint density at radius 3 is 2.58 bits per heavy atom. The fraction of sp³-hybridized carbons (Fsp3) is 0.154. The van der Waals surface area contributed by atoms with Crippen LogP contribution in [0.3, 0.4) is 0 Å². The van der Waals surface area contributed by atoms with Crippen LogP contribution in [0.15, 0.2) is 53.7 Å². The summed E-state index contributed by atoms with van der Waals surface area (Å²) in [6.45, 7) is 1.93. The van der Waals surface area contributed by atoms with E-state index in [1.807, 2.05) is 19.1 Å². The van der Waals surface area contributed by atoms with Gasteiger partial charge in [0, 0.05) is 12.4 Å². The third-order valence-corrected chi connectivity index (χ3v) is 3.72. The van der Waals surface area contributed by atoms with Gasteiger partial charge in [-0.05, 0) is 30.7 Å². The molecule has 6 heteroatoms. The lowest BCUT2D eigenvalue weighted by Gasteiger charge is -2.17. The maximum absolute atomic E-state index is 11.5. The van der Waals surface area contributed by atoms with Gasteiger partial charge in [-0.1, -0.05) is 18.2 Å². The van der Waals surface area contributed by atoms with Gasteiger partial charge in [0.05, 0.1) is 11.7 Å². The molecule has 19 heavy (non-hydrogen) atoms. The maximum Gasteiger partial charge on any atom is 0.240 e. The zero-order chi connectivity index (χ0) is 13.9. The largest absolute Gasteiger partial charge is 0.377 e. The summed E-state index contributed by atoms with van der Waals surface area (Å²) in [5.74, 6) is 0. The van der Waals surface area contributed by atoms with Crippen LogP contribution >= 0.6 is 0 Å². The first-order valence-corrected chi connectivity index (χ1v) is 7.31. The van der Waals surface area contributed by atoms with E-state index in [4.69, 9.17) is 5.14 Å². The van der Waals surface area contributed by atoms with Gasteiger partial charge >= 0.3 is 0 Å². The Morgan fingerprint density at radius 1 is 1.21 bits per heavy atom. The molecule has 0 aliphatic carbocycles. The molecule has 1 unspecified atom stereocenters. The van der Waals surface area contributed by atoms with E-state index >= 15 is 0 Å². The Labute approximate surface area is 112 Å². The second kappa shape index (κ2) is 5.38. The Balaban J connectivity index is 2.30. The van der Waals surface area contributed by atoms with Gasteiger partial charge in [-0.3, -0.25) is 4.98 Å². The van der Waals surface area contributed by atoms with E-state index in [2.05, 4.69) is 10.3 Å². The first kappa shape index (κ1) is 13.5. The van der Waals surface area contributed by atoms with Gasteiger partial charge in [0.2, 0.25) is 10.0 Å². The standard InChI is InChI=1S/C13H15N3O2S/c1-10(11-5-4-8-15-9-11)16-12-6-2-3-7-13(12)19(14,17)18/h2-10,16H,1H3,(H2,14,17,18). The van der Waals surface area contributed by atoms with Crippen LogP contribution in [0.5, 0.6) is 0 Å². The van der Waals surface area contributed by atoms with Crippen LogP contribution in [0.25, 0.3) is 0 Å². The molecular formula is C13H15N3O2S. The van der Waals surface area contributed by atoms with Crippen LogP contribution in [-0.2, 0) is 10.0 Å². The van der Waals surface area contributed by atoms with Crippen molar-refractivity contribution in [3.8, 4) is 0 Å². The van der Waals surface area contributed by atoms with Crippen LogP contribution in [0, 0.1) is 0 Å². The molecule has 0 amide bonds. The van der Waals surface area contributed by atoms with Crippen molar-refractivity contribution in [3.05, 3.63) is 54.4 Å². The molecule has 0 fully saturated rings. The number of para-hydroxylation sites is 1. The van der Waals surface area contributed by atoms with Gasteiger partial charge < -0.3 is 5.32 Å². The van der Waals surface area contributed by atoms with E-state index < -0.39 is 10.0 Å². The zero-order valence-corrected chi connectivity index (χ0v) is 11.3. The number of aromatic nitrogens is 1. The second-order valence-electron chi connectivity index (χ2n) is 4.19. The SMILES string of the molecule is CC(Nc1ccccc1S(N)(=O)=O)c1cccnc1. The summed E-state index contributed by atoms with van der Waals surface area (Å²) in [6.07, 6.45) is 3.42.